The summed E-state index contributed by atoms with van der Waals surface area (Å²) >= 11 is 0. The van der Waals surface area contributed by atoms with Crippen molar-refractivity contribution in [2.24, 2.45) is 0 Å². The molecule has 0 saturated heterocycles. The minimum Gasteiger partial charge on any atom is -0.790 e. The molecule has 11 heteroatoms. The van der Waals surface area contributed by atoms with E-state index >= 15 is 0 Å². The standard InChI is InChI=1S/2H3O4P.W/c2*1-5(2,3)4;/h2*(H3,1,2,3,4);/p-4. The Labute approximate surface area is 75.6 Å². The maximum atomic E-state index is 8.66. The Kier molecular flexibility index (Phi) is 10.4. The van der Waals surface area contributed by atoms with Crippen molar-refractivity contribution in [1.29, 1.82) is 0 Å². The molecule has 0 amide bonds. The van der Waals surface area contributed by atoms with Gasteiger partial charge in [0, 0.05) is 21.1 Å². The molecule has 0 aromatic carbocycles. The molecule has 2 N–H and O–H groups in total. The van der Waals surface area contributed by atoms with Gasteiger partial charge in [-0.1, -0.05) is 0 Å². The Balaban J connectivity index is -0.000000107. The predicted molar refractivity (Wildman–Crippen MR) is 19.7 cm³/mol. The van der Waals surface area contributed by atoms with Gasteiger partial charge in [-0.15, -0.1) is 0 Å². The Morgan fingerprint density at radius 2 is 0.818 bits per heavy atom. The second kappa shape index (κ2) is 6.43. The SMILES string of the molecule is O=P([O-])([O-])O.O=P([O-])([O-])O.[W]. The van der Waals surface area contributed by atoms with Crippen molar-refractivity contribution < 1.29 is 59.6 Å². The third kappa shape index (κ3) is 1050. The molecule has 0 aliphatic carbocycles. The average Bonchev–Trinajstić information content (AvgIpc) is 1.12. The zero-order valence-corrected chi connectivity index (χ0v) is 9.37. The fourth-order valence-electron chi connectivity index (χ4n) is 0. The summed E-state index contributed by atoms with van der Waals surface area (Å²) in [6, 6.07) is 0. The molecule has 0 unspecified atom stereocenters. The van der Waals surface area contributed by atoms with E-state index in [1.54, 1.807) is 0 Å². The summed E-state index contributed by atoms with van der Waals surface area (Å²) in [5.41, 5.74) is 0. The summed E-state index contributed by atoms with van der Waals surface area (Å²) < 4.78 is 17.3. The third-order valence-corrected chi connectivity index (χ3v) is 0. The second-order valence-electron chi connectivity index (χ2n) is 0.937. The van der Waals surface area contributed by atoms with Crippen LogP contribution in [0.5, 0.6) is 0 Å². The molecule has 0 aliphatic rings. The van der Waals surface area contributed by atoms with Gasteiger partial charge in [-0.3, -0.25) is 0 Å². The van der Waals surface area contributed by atoms with Crippen molar-refractivity contribution in [2.75, 3.05) is 0 Å². The minimum absolute atomic E-state index is 0. The molecular formula is H2O8P2W-4. The molecule has 0 bridgehead atoms. The fourth-order valence-corrected chi connectivity index (χ4v) is 0. The molecule has 70 valence electrons. The molecular weight excluding hydrogens is 374 g/mol. The van der Waals surface area contributed by atoms with E-state index in [9.17, 15) is 0 Å². The Morgan fingerprint density at radius 3 is 0.818 bits per heavy atom. The zero-order chi connectivity index (χ0) is 9.00. The maximum absolute atomic E-state index is 8.66. The van der Waals surface area contributed by atoms with Crippen LogP contribution in [0.1, 0.15) is 0 Å². The third-order valence-electron chi connectivity index (χ3n) is 0. The summed E-state index contributed by atoms with van der Waals surface area (Å²) in [4.78, 5) is 48.6. The van der Waals surface area contributed by atoms with E-state index in [1.165, 1.54) is 0 Å². The fraction of sp³-hybridized carbons (Fsp3) is 0. The van der Waals surface area contributed by atoms with Crippen LogP contribution in [0.25, 0.3) is 0 Å². The normalized spacial score (nSPS) is 10.7. The smallest absolute Gasteiger partial charge is 0.0557 e. The van der Waals surface area contributed by atoms with Gasteiger partial charge in [-0.2, -0.15) is 0 Å². The zero-order valence-electron chi connectivity index (χ0n) is 4.65. The molecule has 0 aromatic rings. The van der Waals surface area contributed by atoms with E-state index in [-0.39, 0.29) is 21.1 Å². The first kappa shape index (κ1) is 17.9. The van der Waals surface area contributed by atoms with Gasteiger partial charge in [0.05, 0.1) is 15.6 Å². The Morgan fingerprint density at radius 1 is 0.818 bits per heavy atom. The molecule has 0 aromatic heterocycles. The van der Waals surface area contributed by atoms with E-state index in [0.717, 1.165) is 0 Å². The predicted octanol–water partition coefficient (Wildman–Crippen LogP) is -4.39. The summed E-state index contributed by atoms with van der Waals surface area (Å²) in [6.07, 6.45) is 0. The number of rotatable bonds is 0. The molecule has 0 heterocycles. The van der Waals surface area contributed by atoms with Crippen molar-refractivity contribution in [3.8, 4) is 0 Å². The molecule has 0 fully saturated rings. The first-order chi connectivity index (χ1) is 4.00. The average molecular weight is 376 g/mol. The van der Waals surface area contributed by atoms with E-state index in [2.05, 4.69) is 0 Å². The van der Waals surface area contributed by atoms with Crippen molar-refractivity contribution in [2.45, 2.75) is 0 Å². The first-order valence-corrected chi connectivity index (χ1v) is 4.49. The molecule has 0 rings (SSSR count). The van der Waals surface area contributed by atoms with Crippen molar-refractivity contribution in [3.63, 3.8) is 0 Å². The summed E-state index contributed by atoms with van der Waals surface area (Å²) in [5, 5.41) is 0. The minimum atomic E-state index is -5.14. The van der Waals surface area contributed by atoms with Gasteiger partial charge < -0.3 is 38.5 Å². The van der Waals surface area contributed by atoms with Gasteiger partial charge in [0.15, 0.2) is 0 Å². The van der Waals surface area contributed by atoms with E-state index in [1.807, 2.05) is 0 Å². The Hall–Kier alpha value is 0.908. The molecule has 8 nitrogen and oxygen atoms in total. The van der Waals surface area contributed by atoms with Gasteiger partial charge in [0.25, 0.3) is 0 Å². The number of hydrogen-bond acceptors (Lipinski definition) is 6. The molecule has 0 saturated carbocycles. The summed E-state index contributed by atoms with van der Waals surface area (Å²) in [7, 11) is -10.3. The van der Waals surface area contributed by atoms with Crippen molar-refractivity contribution in [3.05, 3.63) is 0 Å². The maximum Gasteiger partial charge on any atom is 0.0557 e. The summed E-state index contributed by atoms with van der Waals surface area (Å²) in [6.45, 7) is 0. The van der Waals surface area contributed by atoms with Gasteiger partial charge >= 0.3 is 0 Å². The van der Waals surface area contributed by atoms with Gasteiger partial charge in [0.1, 0.15) is 0 Å². The van der Waals surface area contributed by atoms with Gasteiger partial charge in [-0.25, -0.2) is 0 Å². The van der Waals surface area contributed by atoms with Crippen LogP contribution in [0.2, 0.25) is 0 Å². The molecule has 11 heavy (non-hydrogen) atoms. The van der Waals surface area contributed by atoms with Crippen LogP contribution in [0.4, 0.5) is 0 Å². The van der Waals surface area contributed by atoms with Crippen LogP contribution in [0.3, 0.4) is 0 Å². The monoisotopic (exact) mass is 376 g/mol. The van der Waals surface area contributed by atoms with E-state index in [4.69, 9.17) is 38.5 Å². The van der Waals surface area contributed by atoms with Crippen LogP contribution in [-0.2, 0) is 30.2 Å². The van der Waals surface area contributed by atoms with Gasteiger partial charge in [-0.05, 0) is 0 Å². The van der Waals surface area contributed by atoms with Crippen LogP contribution >= 0.6 is 15.6 Å². The second-order valence-corrected chi connectivity index (χ2v) is 2.81. The van der Waals surface area contributed by atoms with Crippen LogP contribution in [0.15, 0.2) is 0 Å². The molecule has 0 radical (unpaired) electrons. The summed E-state index contributed by atoms with van der Waals surface area (Å²) in [5.74, 6) is 0. The molecule has 0 aliphatic heterocycles. The van der Waals surface area contributed by atoms with Crippen LogP contribution in [0, 0.1) is 0 Å². The van der Waals surface area contributed by atoms with Crippen molar-refractivity contribution in [1.82, 2.24) is 0 Å². The number of hydrogen-bond donors (Lipinski definition) is 2. The Bertz CT molecular complexity index is 124. The quantitative estimate of drug-likeness (QED) is 0.400. The van der Waals surface area contributed by atoms with Crippen molar-refractivity contribution >= 4 is 15.6 Å². The molecule has 0 spiro atoms. The largest absolute Gasteiger partial charge is 0.790 e. The molecule has 0 atom stereocenters. The topological polar surface area (TPSA) is 167 Å². The van der Waals surface area contributed by atoms with Crippen LogP contribution in [-0.4, -0.2) is 9.79 Å². The van der Waals surface area contributed by atoms with E-state index in [0.29, 0.717) is 0 Å². The first-order valence-electron chi connectivity index (χ1n) is 1.50. The van der Waals surface area contributed by atoms with E-state index < -0.39 is 15.6 Å². The number of phosphoric acid groups is 2. The van der Waals surface area contributed by atoms with Gasteiger partial charge in [0.2, 0.25) is 0 Å². The van der Waals surface area contributed by atoms with Crippen LogP contribution < -0.4 is 19.6 Å².